The molecule has 0 aliphatic carbocycles. The van der Waals surface area contributed by atoms with Crippen molar-refractivity contribution in [2.24, 2.45) is 7.05 Å². The van der Waals surface area contributed by atoms with Gasteiger partial charge in [-0.2, -0.15) is 4.98 Å². The Morgan fingerprint density at radius 2 is 1.79 bits per heavy atom. The number of rotatable bonds is 6. The topological polar surface area (TPSA) is 78.2 Å². The third-order valence-electron chi connectivity index (χ3n) is 5.38. The van der Waals surface area contributed by atoms with E-state index in [0.717, 1.165) is 11.6 Å². The summed E-state index contributed by atoms with van der Waals surface area (Å²) < 4.78 is 35.6. The van der Waals surface area contributed by atoms with Gasteiger partial charge in [0, 0.05) is 30.6 Å². The highest BCUT2D eigenvalue weighted by molar-refractivity contribution is 5.71. The van der Waals surface area contributed by atoms with Crippen molar-refractivity contribution in [1.82, 2.24) is 14.1 Å². The van der Waals surface area contributed by atoms with Gasteiger partial charge in [-0.15, -0.1) is 0 Å². The number of nitrogens with zero attached hydrogens (tertiary/aromatic N) is 3. The van der Waals surface area contributed by atoms with Crippen molar-refractivity contribution in [2.45, 2.75) is 13.5 Å². The second-order valence-electron chi connectivity index (χ2n) is 7.84. The number of aryl methyl sites for hydroxylation is 2. The van der Waals surface area contributed by atoms with Gasteiger partial charge in [0.2, 0.25) is 11.7 Å². The van der Waals surface area contributed by atoms with E-state index in [1.807, 2.05) is 19.1 Å². The number of hydrogen-bond acceptors (Lipinski definition) is 5. The smallest absolute Gasteiger partial charge is 0.316 e. The lowest BCUT2D eigenvalue weighted by Gasteiger charge is -2.17. The largest absolute Gasteiger partial charge is 0.490 e. The minimum absolute atomic E-state index is 0.0133. The maximum Gasteiger partial charge on any atom is 0.316 e. The average Bonchev–Trinajstić information content (AvgIpc) is 2.78. The van der Waals surface area contributed by atoms with Crippen LogP contribution in [-0.2, 0) is 13.6 Å². The normalized spacial score (nSPS) is 10.9. The first-order valence-electron chi connectivity index (χ1n) is 10.4. The molecule has 9 heteroatoms. The molecule has 0 fully saturated rings. The van der Waals surface area contributed by atoms with Crippen molar-refractivity contribution >= 4 is 11.6 Å². The lowest BCUT2D eigenvalue weighted by Crippen LogP contribution is -2.19. The van der Waals surface area contributed by atoms with Crippen molar-refractivity contribution < 1.29 is 13.5 Å². The number of methoxy groups -OCH3 is 1. The lowest BCUT2D eigenvalue weighted by molar-refractivity contribution is 0.402. The highest BCUT2D eigenvalue weighted by Crippen LogP contribution is 2.26. The number of ether oxygens (including phenoxy) is 1. The van der Waals surface area contributed by atoms with Crippen molar-refractivity contribution in [1.29, 1.82) is 0 Å². The Kier molecular flexibility index (Phi) is 6.27. The van der Waals surface area contributed by atoms with Gasteiger partial charge in [-0.25, -0.2) is 8.78 Å². The third-order valence-corrected chi connectivity index (χ3v) is 5.38. The summed E-state index contributed by atoms with van der Waals surface area (Å²) in [6, 6.07) is 12.2. The van der Waals surface area contributed by atoms with Crippen LogP contribution in [0.3, 0.4) is 0 Å². The fraction of sp³-hybridized carbons (Fsp3) is 0.160. The molecule has 0 atom stereocenters. The van der Waals surface area contributed by atoms with Gasteiger partial charge in [0.25, 0.3) is 5.56 Å². The highest BCUT2D eigenvalue weighted by Gasteiger charge is 2.13. The molecule has 0 saturated carbocycles. The Labute approximate surface area is 193 Å². The molecule has 174 valence electrons. The van der Waals surface area contributed by atoms with Gasteiger partial charge in [0.15, 0.2) is 0 Å². The Balaban J connectivity index is 1.78. The van der Waals surface area contributed by atoms with E-state index in [2.05, 4.69) is 10.3 Å². The molecule has 0 saturated heterocycles. The van der Waals surface area contributed by atoms with Crippen LogP contribution in [0.1, 0.15) is 11.1 Å². The Hall–Kier alpha value is -4.27. The molecule has 0 bridgehead atoms. The number of nitrogens with one attached hydrogen (secondary N) is 1. The van der Waals surface area contributed by atoms with Crippen molar-refractivity contribution in [2.75, 3.05) is 12.4 Å². The summed E-state index contributed by atoms with van der Waals surface area (Å²) in [5.74, 6) is -1.28. The molecular formula is C25H22F2N4O3. The molecule has 4 aromatic rings. The van der Waals surface area contributed by atoms with E-state index in [9.17, 15) is 18.4 Å². The first-order valence-corrected chi connectivity index (χ1v) is 10.4. The van der Waals surface area contributed by atoms with Gasteiger partial charge in [-0.1, -0.05) is 12.1 Å². The molecule has 0 radical (unpaired) electrons. The van der Waals surface area contributed by atoms with Crippen LogP contribution in [0.5, 0.6) is 5.75 Å². The Morgan fingerprint density at radius 1 is 1.06 bits per heavy atom. The minimum atomic E-state index is -0.710. The highest BCUT2D eigenvalue weighted by atomic mass is 19.1. The summed E-state index contributed by atoms with van der Waals surface area (Å²) >= 11 is 0. The third kappa shape index (κ3) is 4.73. The van der Waals surface area contributed by atoms with E-state index in [1.54, 1.807) is 31.4 Å². The summed E-state index contributed by atoms with van der Waals surface area (Å²) in [7, 11) is 3.01. The fourth-order valence-corrected chi connectivity index (χ4v) is 3.59. The molecule has 0 amide bonds. The second kappa shape index (κ2) is 9.30. The second-order valence-corrected chi connectivity index (χ2v) is 7.84. The molecule has 0 unspecified atom stereocenters. The molecule has 2 aromatic carbocycles. The summed E-state index contributed by atoms with van der Waals surface area (Å²) in [6.07, 6.45) is 3.10. The van der Waals surface area contributed by atoms with Crippen LogP contribution in [0.4, 0.5) is 20.4 Å². The number of anilines is 2. The van der Waals surface area contributed by atoms with Gasteiger partial charge < -0.3 is 19.2 Å². The molecule has 2 heterocycles. The molecule has 34 heavy (non-hydrogen) atoms. The average molecular weight is 464 g/mol. The zero-order valence-corrected chi connectivity index (χ0v) is 18.8. The number of benzene rings is 2. The van der Waals surface area contributed by atoms with Crippen LogP contribution in [0.15, 0.2) is 70.5 Å². The zero-order chi connectivity index (χ0) is 24.4. The van der Waals surface area contributed by atoms with Gasteiger partial charge in [-0.3, -0.25) is 9.59 Å². The molecule has 4 rings (SSSR count). The number of hydrogen-bond donors (Lipinski definition) is 1. The predicted molar refractivity (Wildman–Crippen MR) is 126 cm³/mol. The molecule has 0 aliphatic rings. The van der Waals surface area contributed by atoms with E-state index in [1.165, 1.54) is 34.6 Å². The molecule has 0 spiro atoms. The lowest BCUT2D eigenvalue weighted by atomic mass is 10.0. The van der Waals surface area contributed by atoms with E-state index >= 15 is 0 Å². The molecule has 2 aromatic heterocycles. The fourth-order valence-electron chi connectivity index (χ4n) is 3.59. The van der Waals surface area contributed by atoms with E-state index in [0.29, 0.717) is 22.4 Å². The van der Waals surface area contributed by atoms with Crippen LogP contribution < -0.4 is 21.2 Å². The Bertz CT molecular complexity index is 1470. The van der Waals surface area contributed by atoms with Crippen molar-refractivity contribution in [3.63, 3.8) is 0 Å². The van der Waals surface area contributed by atoms with Crippen LogP contribution in [0.2, 0.25) is 0 Å². The predicted octanol–water partition coefficient (Wildman–Crippen LogP) is 4.00. The van der Waals surface area contributed by atoms with E-state index in [4.69, 9.17) is 4.74 Å². The Morgan fingerprint density at radius 3 is 2.50 bits per heavy atom. The SMILES string of the molecule is COc1cn(Cc2cc(F)cc(F)c2)c(Nc2cc(-c3cccn(C)c3=O)ccc2C)nc1=O. The molecule has 1 N–H and O–H groups in total. The minimum Gasteiger partial charge on any atom is -0.490 e. The van der Waals surface area contributed by atoms with Crippen LogP contribution in [0, 0.1) is 18.6 Å². The number of aromatic nitrogens is 3. The van der Waals surface area contributed by atoms with Crippen molar-refractivity contribution in [3.8, 4) is 16.9 Å². The van der Waals surface area contributed by atoms with Crippen LogP contribution in [-0.4, -0.2) is 21.2 Å². The molecule has 7 nitrogen and oxygen atoms in total. The summed E-state index contributed by atoms with van der Waals surface area (Å²) in [5, 5.41) is 3.13. The maximum atomic E-state index is 13.7. The van der Waals surface area contributed by atoms with Gasteiger partial charge in [-0.05, 0) is 53.9 Å². The molecular weight excluding hydrogens is 442 g/mol. The van der Waals surface area contributed by atoms with Gasteiger partial charge >= 0.3 is 5.56 Å². The standard InChI is InChI=1S/C25H22F2N4O3/c1-15-6-7-17(20-5-4-8-30(2)24(20)33)11-21(15)28-25-29-23(32)22(34-3)14-31(25)13-16-9-18(26)12-19(27)10-16/h4-12,14H,13H2,1-3H3,(H,28,29,32). The number of pyridine rings is 1. The zero-order valence-electron chi connectivity index (χ0n) is 18.8. The van der Waals surface area contributed by atoms with E-state index < -0.39 is 17.2 Å². The van der Waals surface area contributed by atoms with Crippen molar-refractivity contribution in [3.05, 3.63) is 104 Å². The first kappa shape index (κ1) is 22.9. The summed E-state index contributed by atoms with van der Waals surface area (Å²) in [4.78, 5) is 29.0. The monoisotopic (exact) mass is 464 g/mol. The summed E-state index contributed by atoms with van der Waals surface area (Å²) in [6.45, 7) is 1.89. The number of halogens is 2. The van der Waals surface area contributed by atoms with E-state index in [-0.39, 0.29) is 23.8 Å². The first-order chi connectivity index (χ1) is 16.2. The maximum absolute atomic E-state index is 13.7. The van der Waals surface area contributed by atoms with Crippen LogP contribution >= 0.6 is 0 Å². The quantitative estimate of drug-likeness (QED) is 0.467. The molecule has 0 aliphatic heterocycles. The van der Waals surface area contributed by atoms with Gasteiger partial charge in [0.1, 0.15) is 11.6 Å². The van der Waals surface area contributed by atoms with Crippen LogP contribution in [0.25, 0.3) is 11.1 Å². The summed E-state index contributed by atoms with van der Waals surface area (Å²) in [5.41, 5.74) is 2.24. The van der Waals surface area contributed by atoms with Gasteiger partial charge in [0.05, 0.1) is 19.9 Å².